The summed E-state index contributed by atoms with van der Waals surface area (Å²) in [6.07, 6.45) is 10.3. The number of alkyl halides is 1. The van der Waals surface area contributed by atoms with Crippen LogP contribution in [0.15, 0.2) is 11.6 Å². The molecule has 4 aliphatic rings. The molecule has 1 N–H and O–H groups in total. The van der Waals surface area contributed by atoms with E-state index in [2.05, 4.69) is 26.8 Å². The Balaban J connectivity index is 1.66. The Kier molecular flexibility index (Phi) is 3.72. The number of halogens is 1. The van der Waals surface area contributed by atoms with Crippen molar-refractivity contribution in [3.05, 3.63) is 11.6 Å². The van der Waals surface area contributed by atoms with E-state index in [0.29, 0.717) is 17.8 Å². The summed E-state index contributed by atoms with van der Waals surface area (Å²) in [6, 6.07) is 0. The number of aliphatic hydroxyl groups excluding tert-OH is 1. The van der Waals surface area contributed by atoms with Crippen molar-refractivity contribution >= 4 is 0 Å². The van der Waals surface area contributed by atoms with Crippen LogP contribution in [0.2, 0.25) is 0 Å². The zero-order chi connectivity index (χ0) is 16.4. The summed E-state index contributed by atoms with van der Waals surface area (Å²) in [6.45, 7) is 6.82. The highest BCUT2D eigenvalue weighted by atomic mass is 19.1. The van der Waals surface area contributed by atoms with Gasteiger partial charge in [0, 0.05) is 5.41 Å². The summed E-state index contributed by atoms with van der Waals surface area (Å²) in [5, 5.41) is 10.0. The second kappa shape index (κ2) is 5.31. The molecular formula is C21H33FO. The van der Waals surface area contributed by atoms with Gasteiger partial charge in [0.15, 0.2) is 0 Å². The van der Waals surface area contributed by atoms with Gasteiger partial charge in [-0.05, 0) is 80.5 Å². The van der Waals surface area contributed by atoms with E-state index in [-0.39, 0.29) is 22.9 Å². The van der Waals surface area contributed by atoms with Crippen LogP contribution in [0, 0.1) is 34.5 Å². The van der Waals surface area contributed by atoms with Crippen LogP contribution in [0.5, 0.6) is 0 Å². The molecule has 3 saturated carbocycles. The van der Waals surface area contributed by atoms with Gasteiger partial charge in [0.05, 0.1) is 6.10 Å². The highest BCUT2D eigenvalue weighted by molar-refractivity contribution is 5.25. The summed E-state index contributed by atoms with van der Waals surface area (Å²) >= 11 is 0. The largest absolute Gasteiger partial charge is 0.389 e. The molecule has 1 nitrogen and oxygen atoms in total. The minimum absolute atomic E-state index is 0.0788. The molecule has 0 aliphatic heterocycles. The van der Waals surface area contributed by atoms with Gasteiger partial charge in [-0.25, -0.2) is 4.39 Å². The second-order valence-electron chi connectivity index (χ2n) is 9.63. The predicted octanol–water partition coefficient (Wildman–Crippen LogP) is 5.28. The fraction of sp³-hybridized carbons (Fsp3) is 0.905. The lowest BCUT2D eigenvalue weighted by atomic mass is 9.44. The Labute approximate surface area is 140 Å². The average molecular weight is 320 g/mol. The Morgan fingerprint density at radius 3 is 2.61 bits per heavy atom. The summed E-state index contributed by atoms with van der Waals surface area (Å²) in [4.78, 5) is 0. The van der Waals surface area contributed by atoms with E-state index < -0.39 is 6.17 Å². The van der Waals surface area contributed by atoms with Crippen molar-refractivity contribution < 1.29 is 9.50 Å². The maximum atomic E-state index is 15.1. The molecule has 0 spiro atoms. The standard InChI is InChI=1S/C21H33FO/c1-13-4-7-17-16-6-5-14-12-15(23)8-10-20(14,2)18(16)9-11-21(17,3)19(13)22/h12-13,15-19,23H,4-11H2,1-3H3/t13-,15+,16?,17?,18?,19+,20+,21+/m1/s1. The lowest BCUT2D eigenvalue weighted by molar-refractivity contribution is -0.124. The van der Waals surface area contributed by atoms with Crippen LogP contribution in [0.1, 0.15) is 72.1 Å². The Bertz CT molecular complexity index is 514. The van der Waals surface area contributed by atoms with Gasteiger partial charge in [-0.3, -0.25) is 0 Å². The van der Waals surface area contributed by atoms with Crippen molar-refractivity contribution in [1.29, 1.82) is 0 Å². The maximum absolute atomic E-state index is 15.1. The van der Waals surface area contributed by atoms with E-state index in [4.69, 9.17) is 0 Å². The summed E-state index contributed by atoms with van der Waals surface area (Å²) in [5.74, 6) is 2.25. The topological polar surface area (TPSA) is 20.2 Å². The van der Waals surface area contributed by atoms with Crippen molar-refractivity contribution in [1.82, 2.24) is 0 Å². The Hall–Kier alpha value is -0.370. The number of hydrogen-bond acceptors (Lipinski definition) is 1. The molecule has 23 heavy (non-hydrogen) atoms. The second-order valence-corrected chi connectivity index (χ2v) is 9.63. The lowest BCUT2D eigenvalue weighted by Gasteiger charge is -2.61. The molecule has 0 bridgehead atoms. The van der Waals surface area contributed by atoms with E-state index >= 15 is 4.39 Å². The molecule has 0 heterocycles. The van der Waals surface area contributed by atoms with Gasteiger partial charge in [0.25, 0.3) is 0 Å². The van der Waals surface area contributed by atoms with E-state index in [1.807, 2.05) is 0 Å². The fourth-order valence-corrected chi connectivity index (χ4v) is 7.18. The molecular weight excluding hydrogens is 287 g/mol. The van der Waals surface area contributed by atoms with Crippen LogP contribution in [0.3, 0.4) is 0 Å². The van der Waals surface area contributed by atoms with Crippen molar-refractivity contribution in [3.8, 4) is 0 Å². The van der Waals surface area contributed by atoms with Gasteiger partial charge >= 0.3 is 0 Å². The van der Waals surface area contributed by atoms with E-state index in [9.17, 15) is 5.11 Å². The van der Waals surface area contributed by atoms with Gasteiger partial charge in [-0.15, -0.1) is 0 Å². The number of fused-ring (bicyclic) bond motifs is 5. The molecule has 0 radical (unpaired) electrons. The molecule has 3 fully saturated rings. The first kappa shape index (κ1) is 16.1. The Morgan fingerprint density at radius 1 is 1.04 bits per heavy atom. The highest BCUT2D eigenvalue weighted by Gasteiger charge is 2.58. The monoisotopic (exact) mass is 320 g/mol. The number of hydrogen-bond donors (Lipinski definition) is 1. The number of aliphatic hydroxyl groups is 1. The van der Waals surface area contributed by atoms with Crippen molar-refractivity contribution in [2.75, 3.05) is 0 Å². The van der Waals surface area contributed by atoms with Gasteiger partial charge in [-0.2, -0.15) is 0 Å². The van der Waals surface area contributed by atoms with Crippen molar-refractivity contribution in [2.45, 2.75) is 84.4 Å². The zero-order valence-corrected chi connectivity index (χ0v) is 15.0. The van der Waals surface area contributed by atoms with Gasteiger partial charge < -0.3 is 5.11 Å². The van der Waals surface area contributed by atoms with Gasteiger partial charge in [-0.1, -0.05) is 32.4 Å². The summed E-state index contributed by atoms with van der Waals surface area (Å²) in [5.41, 5.74) is 1.71. The third-order valence-corrected chi connectivity index (χ3v) is 8.59. The minimum atomic E-state index is -0.611. The van der Waals surface area contributed by atoms with Gasteiger partial charge in [0.1, 0.15) is 6.17 Å². The first-order valence-electron chi connectivity index (χ1n) is 9.89. The smallest absolute Gasteiger partial charge is 0.108 e. The molecule has 3 unspecified atom stereocenters. The normalized spacial score (nSPS) is 56.1. The van der Waals surface area contributed by atoms with Crippen LogP contribution >= 0.6 is 0 Å². The summed E-state index contributed by atoms with van der Waals surface area (Å²) in [7, 11) is 0. The zero-order valence-electron chi connectivity index (χ0n) is 15.0. The van der Waals surface area contributed by atoms with Crippen LogP contribution in [0.25, 0.3) is 0 Å². The third kappa shape index (κ3) is 2.19. The summed E-state index contributed by atoms with van der Waals surface area (Å²) < 4.78 is 15.1. The average Bonchev–Trinajstić information content (AvgIpc) is 2.52. The molecule has 0 saturated heterocycles. The first-order chi connectivity index (χ1) is 10.9. The van der Waals surface area contributed by atoms with Gasteiger partial charge in [0.2, 0.25) is 0 Å². The molecule has 130 valence electrons. The van der Waals surface area contributed by atoms with Crippen LogP contribution in [0.4, 0.5) is 4.39 Å². The fourth-order valence-electron chi connectivity index (χ4n) is 7.18. The predicted molar refractivity (Wildman–Crippen MR) is 91.8 cm³/mol. The molecule has 4 rings (SSSR count). The quantitative estimate of drug-likeness (QED) is 0.602. The third-order valence-electron chi connectivity index (χ3n) is 8.59. The molecule has 0 amide bonds. The molecule has 0 aromatic rings. The van der Waals surface area contributed by atoms with E-state index in [1.54, 1.807) is 0 Å². The maximum Gasteiger partial charge on any atom is 0.108 e. The number of rotatable bonds is 0. The van der Waals surface area contributed by atoms with Crippen LogP contribution in [-0.2, 0) is 0 Å². The van der Waals surface area contributed by atoms with E-state index in [1.165, 1.54) is 24.8 Å². The van der Waals surface area contributed by atoms with Crippen LogP contribution in [-0.4, -0.2) is 17.4 Å². The molecule has 2 heteroatoms. The molecule has 0 aromatic heterocycles. The molecule has 4 aliphatic carbocycles. The Morgan fingerprint density at radius 2 is 1.83 bits per heavy atom. The van der Waals surface area contributed by atoms with Crippen LogP contribution < -0.4 is 0 Å². The van der Waals surface area contributed by atoms with Crippen molar-refractivity contribution in [3.63, 3.8) is 0 Å². The van der Waals surface area contributed by atoms with Crippen molar-refractivity contribution in [2.24, 2.45) is 34.5 Å². The minimum Gasteiger partial charge on any atom is -0.389 e. The lowest BCUT2D eigenvalue weighted by Crippen LogP contribution is -2.56. The molecule has 8 atom stereocenters. The molecule has 0 aromatic carbocycles. The SMILES string of the molecule is C[C@@H]1CCC2C3CCC4=C[C@@H](O)CC[C@]4(C)C3CC[C@]2(C)[C@H]1F. The first-order valence-corrected chi connectivity index (χ1v) is 9.89. The van der Waals surface area contributed by atoms with E-state index in [0.717, 1.165) is 32.1 Å². The number of allylic oxidation sites excluding steroid dienone is 1. The highest BCUT2D eigenvalue weighted by Crippen LogP contribution is 2.65.